The number of halogens is 1. The molecule has 0 saturated carbocycles. The highest BCUT2D eigenvalue weighted by atomic mass is 35.5. The Morgan fingerprint density at radius 3 is 2.40 bits per heavy atom. The first kappa shape index (κ1) is 22.2. The molecule has 2 N–H and O–H groups in total. The van der Waals surface area contributed by atoms with Gasteiger partial charge in [-0.15, -0.1) is 0 Å². The second kappa shape index (κ2) is 10.0. The Morgan fingerprint density at radius 2 is 1.77 bits per heavy atom. The molecule has 1 aromatic heterocycles. The molecule has 1 saturated heterocycles. The second-order valence-corrected chi connectivity index (χ2v) is 9.32. The lowest BCUT2D eigenvalue weighted by molar-refractivity contribution is -0.129. The molecule has 0 spiro atoms. The fourth-order valence-corrected chi connectivity index (χ4v) is 4.78. The van der Waals surface area contributed by atoms with E-state index in [1.54, 1.807) is 18.3 Å². The Morgan fingerprint density at radius 1 is 1.07 bits per heavy atom. The number of piperidine rings is 1. The summed E-state index contributed by atoms with van der Waals surface area (Å²) in [6.07, 6.45) is 2.44. The van der Waals surface area contributed by atoms with Crippen molar-refractivity contribution in [3.63, 3.8) is 0 Å². The van der Waals surface area contributed by atoms with Gasteiger partial charge < -0.3 is 10.6 Å². The van der Waals surface area contributed by atoms with Gasteiger partial charge in [-0.3, -0.25) is 14.6 Å². The largest absolute Gasteiger partial charge is 0.349 e. The fraction of sp³-hybridized carbons (Fsp3) is 0.350. The van der Waals surface area contributed by atoms with Crippen LogP contribution in [0.1, 0.15) is 18.5 Å². The van der Waals surface area contributed by atoms with Crippen molar-refractivity contribution in [3.05, 3.63) is 59.4 Å². The van der Waals surface area contributed by atoms with Crippen molar-refractivity contribution in [2.75, 3.05) is 19.6 Å². The molecule has 2 amide bonds. The number of nitrogens with zero attached hydrogens (tertiary/aromatic N) is 2. The second-order valence-electron chi connectivity index (χ2n) is 6.95. The third kappa shape index (κ3) is 5.78. The van der Waals surface area contributed by atoms with E-state index in [0.29, 0.717) is 17.9 Å². The topological polar surface area (TPSA) is 108 Å². The third-order valence-corrected chi connectivity index (χ3v) is 7.06. The number of carbonyl (C=O) groups excluding carboxylic acids is 2. The van der Waals surface area contributed by atoms with Gasteiger partial charge in [-0.25, -0.2) is 8.42 Å². The van der Waals surface area contributed by atoms with E-state index in [2.05, 4.69) is 15.6 Å². The standard InChI is InChI=1S/C20H23ClN4O4S/c21-16-4-6-18(7-5-16)30(28,29)25-11-8-15(9-12-25)20(27)24-14-19(26)23-13-17-3-1-2-10-22-17/h1-7,10,15H,8-9,11-14H2,(H,23,26)(H,24,27). The van der Waals surface area contributed by atoms with Crippen molar-refractivity contribution < 1.29 is 18.0 Å². The maximum absolute atomic E-state index is 12.7. The smallest absolute Gasteiger partial charge is 0.243 e. The summed E-state index contributed by atoms with van der Waals surface area (Å²) >= 11 is 5.82. The lowest BCUT2D eigenvalue weighted by Gasteiger charge is -2.30. The predicted molar refractivity (Wildman–Crippen MR) is 112 cm³/mol. The number of hydrogen-bond acceptors (Lipinski definition) is 5. The van der Waals surface area contributed by atoms with Crippen LogP contribution in [0.2, 0.25) is 5.02 Å². The highest BCUT2D eigenvalue weighted by Gasteiger charge is 2.32. The Balaban J connectivity index is 1.43. The van der Waals surface area contributed by atoms with Gasteiger partial charge in [0.25, 0.3) is 0 Å². The molecule has 0 radical (unpaired) electrons. The predicted octanol–water partition coefficient (Wildman–Crippen LogP) is 1.57. The Bertz CT molecular complexity index is 976. The molecule has 8 nitrogen and oxygen atoms in total. The number of benzene rings is 1. The molecule has 0 atom stereocenters. The SMILES string of the molecule is O=C(CNC(=O)C1CCN(S(=O)(=O)c2ccc(Cl)cc2)CC1)NCc1ccccn1. The summed E-state index contributed by atoms with van der Waals surface area (Å²) in [7, 11) is -3.61. The lowest BCUT2D eigenvalue weighted by Crippen LogP contribution is -2.45. The van der Waals surface area contributed by atoms with E-state index in [0.717, 1.165) is 5.69 Å². The van der Waals surface area contributed by atoms with E-state index in [1.807, 2.05) is 6.07 Å². The summed E-state index contributed by atoms with van der Waals surface area (Å²) in [4.78, 5) is 28.6. The highest BCUT2D eigenvalue weighted by Crippen LogP contribution is 2.24. The first-order valence-electron chi connectivity index (χ1n) is 9.56. The Hall–Kier alpha value is -2.49. The number of sulfonamides is 1. The minimum Gasteiger partial charge on any atom is -0.349 e. The summed E-state index contributed by atoms with van der Waals surface area (Å²) in [5.74, 6) is -0.881. The monoisotopic (exact) mass is 450 g/mol. The number of rotatable bonds is 7. The van der Waals surface area contributed by atoms with E-state index >= 15 is 0 Å². The van der Waals surface area contributed by atoms with Crippen LogP contribution in [-0.4, -0.2) is 49.2 Å². The summed E-state index contributed by atoms with van der Waals surface area (Å²) in [5.41, 5.74) is 0.728. The Kier molecular flexibility index (Phi) is 7.41. The van der Waals surface area contributed by atoms with Crippen LogP contribution in [0, 0.1) is 5.92 Å². The van der Waals surface area contributed by atoms with Crippen LogP contribution < -0.4 is 10.6 Å². The molecular formula is C20H23ClN4O4S. The molecule has 0 aliphatic carbocycles. The van der Waals surface area contributed by atoms with Crippen molar-refractivity contribution in [3.8, 4) is 0 Å². The van der Waals surface area contributed by atoms with E-state index in [4.69, 9.17) is 11.6 Å². The number of hydrogen-bond donors (Lipinski definition) is 2. The molecule has 1 aliphatic rings. The van der Waals surface area contributed by atoms with Crippen LogP contribution in [0.5, 0.6) is 0 Å². The zero-order valence-corrected chi connectivity index (χ0v) is 17.8. The summed E-state index contributed by atoms with van der Waals surface area (Å²) in [6, 6.07) is 11.4. The summed E-state index contributed by atoms with van der Waals surface area (Å²) < 4.78 is 26.8. The zero-order valence-electron chi connectivity index (χ0n) is 16.3. The van der Waals surface area contributed by atoms with Crippen LogP contribution in [0.4, 0.5) is 0 Å². The van der Waals surface area contributed by atoms with Crippen molar-refractivity contribution in [2.24, 2.45) is 5.92 Å². The summed E-state index contributed by atoms with van der Waals surface area (Å²) in [6.45, 7) is 0.648. The summed E-state index contributed by atoms with van der Waals surface area (Å²) in [5, 5.41) is 5.79. The molecule has 1 aliphatic heterocycles. The van der Waals surface area contributed by atoms with E-state index in [1.165, 1.54) is 28.6 Å². The lowest BCUT2D eigenvalue weighted by atomic mass is 9.97. The van der Waals surface area contributed by atoms with Crippen molar-refractivity contribution in [2.45, 2.75) is 24.3 Å². The molecule has 1 aromatic carbocycles. The van der Waals surface area contributed by atoms with Crippen LogP contribution >= 0.6 is 11.6 Å². The minimum absolute atomic E-state index is 0.130. The van der Waals surface area contributed by atoms with Crippen LogP contribution in [0.15, 0.2) is 53.6 Å². The minimum atomic E-state index is -3.61. The molecule has 0 unspecified atom stereocenters. The van der Waals surface area contributed by atoms with E-state index < -0.39 is 10.0 Å². The fourth-order valence-electron chi connectivity index (χ4n) is 3.18. The highest BCUT2D eigenvalue weighted by molar-refractivity contribution is 7.89. The van der Waals surface area contributed by atoms with E-state index in [9.17, 15) is 18.0 Å². The molecule has 3 rings (SSSR count). The molecule has 0 bridgehead atoms. The molecule has 2 heterocycles. The average molecular weight is 451 g/mol. The molecule has 10 heteroatoms. The van der Waals surface area contributed by atoms with Gasteiger partial charge in [0.05, 0.1) is 23.7 Å². The van der Waals surface area contributed by atoms with Gasteiger partial charge >= 0.3 is 0 Å². The van der Waals surface area contributed by atoms with Crippen molar-refractivity contribution >= 4 is 33.4 Å². The maximum atomic E-state index is 12.7. The molecule has 1 fully saturated rings. The zero-order chi connectivity index (χ0) is 21.6. The van der Waals surface area contributed by atoms with Crippen LogP contribution in [0.25, 0.3) is 0 Å². The molecule has 2 aromatic rings. The number of amides is 2. The van der Waals surface area contributed by atoms with Crippen molar-refractivity contribution in [1.82, 2.24) is 19.9 Å². The van der Waals surface area contributed by atoms with Gasteiger partial charge in [-0.05, 0) is 49.2 Å². The number of nitrogens with one attached hydrogen (secondary N) is 2. The van der Waals surface area contributed by atoms with E-state index in [-0.39, 0.29) is 48.8 Å². The first-order chi connectivity index (χ1) is 14.4. The van der Waals surface area contributed by atoms with Gasteiger partial charge in [0.15, 0.2) is 0 Å². The maximum Gasteiger partial charge on any atom is 0.243 e. The Labute approximate surface area is 180 Å². The van der Waals surface area contributed by atoms with Gasteiger partial charge in [-0.1, -0.05) is 17.7 Å². The number of aromatic nitrogens is 1. The van der Waals surface area contributed by atoms with Gasteiger partial charge in [0, 0.05) is 30.2 Å². The molecule has 30 heavy (non-hydrogen) atoms. The van der Waals surface area contributed by atoms with Crippen LogP contribution in [0.3, 0.4) is 0 Å². The molecular weight excluding hydrogens is 428 g/mol. The van der Waals surface area contributed by atoms with Gasteiger partial charge in [0.2, 0.25) is 21.8 Å². The van der Waals surface area contributed by atoms with Gasteiger partial charge in [0.1, 0.15) is 0 Å². The normalized spacial score (nSPS) is 15.5. The van der Waals surface area contributed by atoms with Gasteiger partial charge in [-0.2, -0.15) is 4.31 Å². The first-order valence-corrected chi connectivity index (χ1v) is 11.4. The average Bonchev–Trinajstić information content (AvgIpc) is 2.77. The number of carbonyl (C=O) groups is 2. The molecule has 160 valence electrons. The van der Waals surface area contributed by atoms with Crippen molar-refractivity contribution in [1.29, 1.82) is 0 Å². The third-order valence-electron chi connectivity index (χ3n) is 4.89. The van der Waals surface area contributed by atoms with Crippen LogP contribution in [-0.2, 0) is 26.2 Å². The number of pyridine rings is 1. The quantitative estimate of drug-likeness (QED) is 0.665.